The van der Waals surface area contributed by atoms with Crippen molar-refractivity contribution in [1.82, 2.24) is 0 Å². The van der Waals surface area contributed by atoms with E-state index in [-0.39, 0.29) is 6.10 Å². The van der Waals surface area contributed by atoms with E-state index in [0.29, 0.717) is 5.92 Å². The zero-order valence-corrected chi connectivity index (χ0v) is 6.29. The Morgan fingerprint density at radius 2 is 2.10 bits per heavy atom. The molecule has 0 saturated heterocycles. The summed E-state index contributed by atoms with van der Waals surface area (Å²) in [6.07, 6.45) is 8.27. The second-order valence-corrected chi connectivity index (χ2v) is 2.93. The Bertz CT molecular complexity index is 103. The Hall–Kier alpha value is -0.300. The minimum atomic E-state index is -0.270. The molecular formula is C9H15O. The van der Waals surface area contributed by atoms with Gasteiger partial charge in [-0.2, -0.15) is 0 Å². The van der Waals surface area contributed by atoms with E-state index in [1.165, 1.54) is 0 Å². The molecule has 1 saturated carbocycles. The number of hydrogen-bond donors (Lipinski definition) is 1. The highest BCUT2D eigenvalue weighted by atomic mass is 16.3. The standard InChI is InChI=1S/C9H15O/c1-2-9(10)8-6-4-3-5-7-8/h2-3,8-10H,1,4-7H2. The van der Waals surface area contributed by atoms with Crippen LogP contribution in [0, 0.1) is 12.3 Å². The van der Waals surface area contributed by atoms with Gasteiger partial charge >= 0.3 is 0 Å². The highest BCUT2D eigenvalue weighted by molar-refractivity contribution is 4.88. The van der Waals surface area contributed by atoms with Crippen LogP contribution in [-0.2, 0) is 0 Å². The summed E-state index contributed by atoms with van der Waals surface area (Å²) in [5.74, 6) is 0.475. The minimum Gasteiger partial charge on any atom is -0.389 e. The first kappa shape index (κ1) is 7.80. The summed E-state index contributed by atoms with van der Waals surface area (Å²) in [7, 11) is 0. The number of aliphatic hydroxyl groups is 1. The largest absolute Gasteiger partial charge is 0.389 e. The van der Waals surface area contributed by atoms with Gasteiger partial charge in [-0.1, -0.05) is 6.08 Å². The van der Waals surface area contributed by atoms with Crippen LogP contribution in [0.2, 0.25) is 0 Å². The molecule has 1 radical (unpaired) electrons. The fourth-order valence-corrected chi connectivity index (χ4v) is 1.49. The Labute approximate surface area is 62.8 Å². The Balaban J connectivity index is 2.30. The zero-order valence-electron chi connectivity index (χ0n) is 6.29. The third kappa shape index (κ3) is 1.84. The van der Waals surface area contributed by atoms with Gasteiger partial charge in [-0.3, -0.25) is 0 Å². The van der Waals surface area contributed by atoms with Gasteiger partial charge in [-0.05, 0) is 38.0 Å². The highest BCUT2D eigenvalue weighted by Gasteiger charge is 2.18. The summed E-state index contributed by atoms with van der Waals surface area (Å²) >= 11 is 0. The summed E-state index contributed by atoms with van der Waals surface area (Å²) in [6, 6.07) is 0. The Morgan fingerprint density at radius 3 is 2.60 bits per heavy atom. The van der Waals surface area contributed by atoms with Crippen LogP contribution in [0.3, 0.4) is 0 Å². The van der Waals surface area contributed by atoms with Crippen molar-refractivity contribution in [1.29, 1.82) is 0 Å². The predicted molar refractivity (Wildman–Crippen MR) is 42.5 cm³/mol. The molecule has 1 aliphatic carbocycles. The fraction of sp³-hybridized carbons (Fsp3) is 0.667. The second kappa shape index (κ2) is 3.77. The summed E-state index contributed by atoms with van der Waals surface area (Å²) in [5.41, 5.74) is 0. The van der Waals surface area contributed by atoms with Gasteiger partial charge in [-0.25, -0.2) is 0 Å². The lowest BCUT2D eigenvalue weighted by Gasteiger charge is -2.23. The molecule has 1 fully saturated rings. The van der Waals surface area contributed by atoms with Crippen molar-refractivity contribution in [3.05, 3.63) is 19.1 Å². The summed E-state index contributed by atoms with van der Waals surface area (Å²) in [5, 5.41) is 9.35. The quantitative estimate of drug-likeness (QED) is 0.579. The van der Waals surface area contributed by atoms with Gasteiger partial charge < -0.3 is 5.11 Å². The topological polar surface area (TPSA) is 20.2 Å². The summed E-state index contributed by atoms with van der Waals surface area (Å²) < 4.78 is 0. The molecule has 1 rings (SSSR count). The molecule has 1 unspecified atom stereocenters. The average molecular weight is 139 g/mol. The molecule has 57 valence electrons. The van der Waals surface area contributed by atoms with Gasteiger partial charge in [0.2, 0.25) is 0 Å². The maximum Gasteiger partial charge on any atom is 0.0746 e. The van der Waals surface area contributed by atoms with Crippen LogP contribution < -0.4 is 0 Å². The molecule has 0 aliphatic heterocycles. The van der Waals surface area contributed by atoms with Crippen LogP contribution in [0.5, 0.6) is 0 Å². The van der Waals surface area contributed by atoms with Crippen molar-refractivity contribution in [2.75, 3.05) is 0 Å². The fourth-order valence-electron chi connectivity index (χ4n) is 1.49. The van der Waals surface area contributed by atoms with E-state index in [2.05, 4.69) is 13.0 Å². The van der Waals surface area contributed by atoms with Crippen molar-refractivity contribution in [2.24, 2.45) is 5.92 Å². The van der Waals surface area contributed by atoms with Crippen molar-refractivity contribution >= 4 is 0 Å². The smallest absolute Gasteiger partial charge is 0.0746 e. The predicted octanol–water partition coefficient (Wildman–Crippen LogP) is 1.93. The lowest BCUT2D eigenvalue weighted by atomic mass is 9.85. The van der Waals surface area contributed by atoms with Gasteiger partial charge in [0, 0.05) is 0 Å². The zero-order chi connectivity index (χ0) is 7.40. The van der Waals surface area contributed by atoms with Crippen molar-refractivity contribution in [3.8, 4) is 0 Å². The number of rotatable bonds is 2. The van der Waals surface area contributed by atoms with E-state index in [1.807, 2.05) is 0 Å². The highest BCUT2D eigenvalue weighted by Crippen LogP contribution is 2.25. The summed E-state index contributed by atoms with van der Waals surface area (Å²) in [4.78, 5) is 0. The third-order valence-electron chi connectivity index (χ3n) is 2.21. The van der Waals surface area contributed by atoms with Gasteiger partial charge in [0.05, 0.1) is 6.10 Å². The SMILES string of the molecule is C=CC(O)C1CC[CH]CC1. The first-order chi connectivity index (χ1) is 4.84. The molecule has 0 aromatic rings. The summed E-state index contributed by atoms with van der Waals surface area (Å²) in [6.45, 7) is 3.58. The van der Waals surface area contributed by atoms with Crippen LogP contribution in [0.25, 0.3) is 0 Å². The molecule has 0 heterocycles. The normalized spacial score (nSPS) is 24.1. The molecule has 10 heavy (non-hydrogen) atoms. The van der Waals surface area contributed by atoms with Crippen LogP contribution in [0.4, 0.5) is 0 Å². The van der Waals surface area contributed by atoms with Gasteiger partial charge in [0.1, 0.15) is 0 Å². The van der Waals surface area contributed by atoms with E-state index in [0.717, 1.165) is 25.7 Å². The number of aliphatic hydroxyl groups excluding tert-OH is 1. The molecule has 0 spiro atoms. The second-order valence-electron chi connectivity index (χ2n) is 2.93. The van der Waals surface area contributed by atoms with Gasteiger partial charge in [0.25, 0.3) is 0 Å². The molecule has 1 N–H and O–H groups in total. The molecule has 0 amide bonds. The van der Waals surface area contributed by atoms with E-state index in [4.69, 9.17) is 0 Å². The molecule has 0 aromatic carbocycles. The van der Waals surface area contributed by atoms with Crippen molar-refractivity contribution in [2.45, 2.75) is 31.8 Å². The molecule has 1 nitrogen and oxygen atoms in total. The molecule has 1 aliphatic rings. The van der Waals surface area contributed by atoms with Crippen LogP contribution in [0.1, 0.15) is 25.7 Å². The first-order valence-electron chi connectivity index (χ1n) is 3.97. The van der Waals surface area contributed by atoms with Crippen LogP contribution >= 0.6 is 0 Å². The van der Waals surface area contributed by atoms with Gasteiger partial charge in [-0.15, -0.1) is 6.58 Å². The third-order valence-corrected chi connectivity index (χ3v) is 2.21. The monoisotopic (exact) mass is 139 g/mol. The van der Waals surface area contributed by atoms with E-state index >= 15 is 0 Å². The average Bonchev–Trinajstić information content (AvgIpc) is 2.05. The molecule has 0 bridgehead atoms. The molecular weight excluding hydrogens is 124 g/mol. The van der Waals surface area contributed by atoms with E-state index in [9.17, 15) is 5.11 Å². The lowest BCUT2D eigenvalue weighted by molar-refractivity contribution is 0.133. The Morgan fingerprint density at radius 1 is 1.50 bits per heavy atom. The maximum absolute atomic E-state index is 9.35. The minimum absolute atomic E-state index is 0.270. The van der Waals surface area contributed by atoms with Crippen LogP contribution in [0.15, 0.2) is 12.7 Å². The van der Waals surface area contributed by atoms with E-state index < -0.39 is 0 Å². The van der Waals surface area contributed by atoms with Crippen molar-refractivity contribution < 1.29 is 5.11 Å². The first-order valence-corrected chi connectivity index (χ1v) is 3.97. The van der Waals surface area contributed by atoms with Crippen LogP contribution in [-0.4, -0.2) is 11.2 Å². The molecule has 1 atom stereocenters. The Kier molecular flexibility index (Phi) is 2.94. The van der Waals surface area contributed by atoms with E-state index in [1.54, 1.807) is 6.08 Å². The van der Waals surface area contributed by atoms with Crippen molar-refractivity contribution in [3.63, 3.8) is 0 Å². The molecule has 1 heteroatoms. The van der Waals surface area contributed by atoms with Gasteiger partial charge in [0.15, 0.2) is 0 Å². The lowest BCUT2D eigenvalue weighted by Crippen LogP contribution is -2.20. The molecule has 0 aromatic heterocycles. The maximum atomic E-state index is 9.35. The number of hydrogen-bond acceptors (Lipinski definition) is 1.